The first-order chi connectivity index (χ1) is 7.49. The predicted octanol–water partition coefficient (Wildman–Crippen LogP) is 1.03. The molecule has 0 unspecified atom stereocenters. The van der Waals surface area contributed by atoms with Gasteiger partial charge in [-0.2, -0.15) is 11.3 Å². The quantitative estimate of drug-likeness (QED) is 0.769. The van der Waals surface area contributed by atoms with Crippen LogP contribution in [0.2, 0.25) is 0 Å². The molecule has 5 nitrogen and oxygen atoms in total. The summed E-state index contributed by atoms with van der Waals surface area (Å²) in [7, 11) is -3.36. The van der Waals surface area contributed by atoms with E-state index in [2.05, 4.69) is 4.72 Å². The summed E-state index contributed by atoms with van der Waals surface area (Å²) in [6.07, 6.45) is 0.00760. The molecule has 0 radical (unpaired) electrons. The van der Waals surface area contributed by atoms with E-state index in [0.29, 0.717) is 0 Å². The van der Waals surface area contributed by atoms with Crippen LogP contribution >= 0.6 is 11.3 Å². The number of carboxylic acids is 1. The highest BCUT2D eigenvalue weighted by Gasteiger charge is 2.10. The minimum atomic E-state index is -3.36. The molecule has 0 saturated carbocycles. The Morgan fingerprint density at radius 2 is 2.25 bits per heavy atom. The summed E-state index contributed by atoms with van der Waals surface area (Å²) < 4.78 is 25.2. The van der Waals surface area contributed by atoms with Gasteiger partial charge in [-0.15, -0.1) is 0 Å². The Morgan fingerprint density at radius 1 is 1.50 bits per heavy atom. The van der Waals surface area contributed by atoms with Crippen molar-refractivity contribution in [2.45, 2.75) is 19.4 Å². The number of carboxylic acid groups (broad SMARTS) is 1. The van der Waals surface area contributed by atoms with Crippen molar-refractivity contribution >= 4 is 27.3 Å². The number of aliphatic carboxylic acids is 1. The van der Waals surface area contributed by atoms with E-state index in [-0.39, 0.29) is 25.1 Å². The molecule has 0 spiro atoms. The van der Waals surface area contributed by atoms with Crippen LogP contribution in [0, 0.1) is 0 Å². The molecule has 1 aromatic rings. The van der Waals surface area contributed by atoms with Gasteiger partial charge in [-0.1, -0.05) is 0 Å². The van der Waals surface area contributed by atoms with E-state index in [1.807, 2.05) is 16.8 Å². The SMILES string of the molecule is O=C(O)CCCS(=O)(=O)NCc1ccsc1. The topological polar surface area (TPSA) is 83.5 Å². The van der Waals surface area contributed by atoms with Crippen molar-refractivity contribution in [2.75, 3.05) is 5.75 Å². The Bertz CT molecular complexity index is 424. The van der Waals surface area contributed by atoms with Gasteiger partial charge in [-0.25, -0.2) is 13.1 Å². The van der Waals surface area contributed by atoms with Crippen LogP contribution in [0.3, 0.4) is 0 Å². The van der Waals surface area contributed by atoms with E-state index in [1.54, 1.807) is 0 Å². The number of hydrogen-bond donors (Lipinski definition) is 2. The van der Waals surface area contributed by atoms with E-state index in [0.717, 1.165) is 5.56 Å². The Morgan fingerprint density at radius 3 is 2.81 bits per heavy atom. The Kier molecular flexibility index (Phi) is 4.91. The van der Waals surface area contributed by atoms with E-state index in [4.69, 9.17) is 5.11 Å². The molecule has 0 amide bonds. The fourth-order valence-corrected chi connectivity index (χ4v) is 2.80. The van der Waals surface area contributed by atoms with Gasteiger partial charge in [0.2, 0.25) is 10.0 Å². The molecule has 1 aromatic heterocycles. The zero-order valence-electron chi connectivity index (χ0n) is 8.55. The smallest absolute Gasteiger partial charge is 0.303 e. The third-order valence-electron chi connectivity index (χ3n) is 1.88. The van der Waals surface area contributed by atoms with Crippen LogP contribution in [0.4, 0.5) is 0 Å². The number of sulfonamides is 1. The molecule has 0 saturated heterocycles. The van der Waals surface area contributed by atoms with Crippen LogP contribution in [0.25, 0.3) is 0 Å². The van der Waals surface area contributed by atoms with Crippen LogP contribution in [0.1, 0.15) is 18.4 Å². The molecule has 0 fully saturated rings. The van der Waals surface area contributed by atoms with Gasteiger partial charge in [0.15, 0.2) is 0 Å². The lowest BCUT2D eigenvalue weighted by Crippen LogP contribution is -2.26. The van der Waals surface area contributed by atoms with Gasteiger partial charge in [0.25, 0.3) is 0 Å². The summed E-state index contributed by atoms with van der Waals surface area (Å²) in [5, 5.41) is 12.1. The Hall–Kier alpha value is -0.920. The van der Waals surface area contributed by atoms with Crippen LogP contribution in [0.5, 0.6) is 0 Å². The molecule has 0 aliphatic rings. The van der Waals surface area contributed by atoms with E-state index in [9.17, 15) is 13.2 Å². The molecule has 16 heavy (non-hydrogen) atoms. The van der Waals surface area contributed by atoms with Crippen LogP contribution in [0.15, 0.2) is 16.8 Å². The fourth-order valence-electron chi connectivity index (χ4n) is 1.07. The van der Waals surface area contributed by atoms with Crippen molar-refractivity contribution in [3.8, 4) is 0 Å². The second-order valence-corrected chi connectivity index (χ2v) is 5.98. The lowest BCUT2D eigenvalue weighted by Gasteiger charge is -2.04. The summed E-state index contributed by atoms with van der Waals surface area (Å²) in [5.74, 6) is -1.13. The first-order valence-electron chi connectivity index (χ1n) is 4.70. The lowest BCUT2D eigenvalue weighted by molar-refractivity contribution is -0.137. The highest BCUT2D eigenvalue weighted by molar-refractivity contribution is 7.89. The summed E-state index contributed by atoms with van der Waals surface area (Å²) in [6, 6.07) is 1.84. The maximum atomic E-state index is 11.4. The fraction of sp³-hybridized carbons (Fsp3) is 0.444. The molecule has 1 rings (SSSR count). The minimum absolute atomic E-state index is 0.126. The Labute approximate surface area is 98.2 Å². The molecule has 0 aromatic carbocycles. The maximum absolute atomic E-state index is 11.4. The number of thiophene rings is 1. The van der Waals surface area contributed by atoms with Crippen molar-refractivity contribution in [1.29, 1.82) is 0 Å². The van der Waals surface area contributed by atoms with Gasteiger partial charge in [-0.3, -0.25) is 4.79 Å². The van der Waals surface area contributed by atoms with Crippen molar-refractivity contribution in [1.82, 2.24) is 4.72 Å². The zero-order chi connectivity index (χ0) is 12.0. The molecule has 2 N–H and O–H groups in total. The molecule has 7 heteroatoms. The second-order valence-electron chi connectivity index (χ2n) is 3.27. The molecule has 0 bridgehead atoms. The van der Waals surface area contributed by atoms with E-state index in [1.165, 1.54) is 11.3 Å². The first-order valence-corrected chi connectivity index (χ1v) is 7.29. The molecule has 0 aliphatic heterocycles. The maximum Gasteiger partial charge on any atom is 0.303 e. The molecular weight excluding hydrogens is 250 g/mol. The van der Waals surface area contributed by atoms with Crippen LogP contribution < -0.4 is 4.72 Å². The standard InChI is InChI=1S/C9H13NO4S2/c11-9(12)2-1-5-16(13,14)10-6-8-3-4-15-7-8/h3-4,7,10H,1-2,5-6H2,(H,11,12). The van der Waals surface area contributed by atoms with Gasteiger partial charge in [-0.05, 0) is 28.8 Å². The third-order valence-corrected chi connectivity index (χ3v) is 4.02. The number of nitrogens with one attached hydrogen (secondary N) is 1. The van der Waals surface area contributed by atoms with Gasteiger partial charge in [0, 0.05) is 13.0 Å². The minimum Gasteiger partial charge on any atom is -0.481 e. The largest absolute Gasteiger partial charge is 0.481 e. The first kappa shape index (κ1) is 13.1. The molecule has 0 aliphatic carbocycles. The molecular formula is C9H13NO4S2. The van der Waals surface area contributed by atoms with Crippen molar-refractivity contribution in [3.63, 3.8) is 0 Å². The summed E-state index contributed by atoms with van der Waals surface area (Å²) in [4.78, 5) is 10.2. The monoisotopic (exact) mass is 263 g/mol. The van der Waals surface area contributed by atoms with Crippen molar-refractivity contribution < 1.29 is 18.3 Å². The summed E-state index contributed by atoms with van der Waals surface area (Å²) >= 11 is 1.50. The highest BCUT2D eigenvalue weighted by Crippen LogP contribution is 2.06. The molecule has 0 atom stereocenters. The second kappa shape index (κ2) is 5.97. The van der Waals surface area contributed by atoms with Gasteiger partial charge >= 0.3 is 5.97 Å². The number of carbonyl (C=O) groups is 1. The average Bonchev–Trinajstić information content (AvgIpc) is 2.66. The number of hydrogen-bond acceptors (Lipinski definition) is 4. The van der Waals surface area contributed by atoms with Gasteiger partial charge in [0.1, 0.15) is 0 Å². The molecule has 1 heterocycles. The predicted molar refractivity (Wildman–Crippen MR) is 61.8 cm³/mol. The van der Waals surface area contributed by atoms with Gasteiger partial charge in [0.05, 0.1) is 5.75 Å². The summed E-state index contributed by atoms with van der Waals surface area (Å²) in [5.41, 5.74) is 0.909. The Balaban J connectivity index is 2.31. The van der Waals surface area contributed by atoms with E-state index < -0.39 is 16.0 Å². The van der Waals surface area contributed by atoms with E-state index >= 15 is 0 Å². The van der Waals surface area contributed by atoms with Crippen LogP contribution in [-0.4, -0.2) is 25.2 Å². The average molecular weight is 263 g/mol. The van der Waals surface area contributed by atoms with Gasteiger partial charge < -0.3 is 5.11 Å². The highest BCUT2D eigenvalue weighted by atomic mass is 32.2. The zero-order valence-corrected chi connectivity index (χ0v) is 10.2. The lowest BCUT2D eigenvalue weighted by atomic mass is 10.3. The van der Waals surface area contributed by atoms with Crippen molar-refractivity contribution in [3.05, 3.63) is 22.4 Å². The normalized spacial score (nSPS) is 11.5. The van der Waals surface area contributed by atoms with Crippen LogP contribution in [-0.2, 0) is 21.4 Å². The molecule has 90 valence electrons. The third kappa shape index (κ3) is 5.24. The summed E-state index contributed by atoms with van der Waals surface area (Å²) in [6.45, 7) is 0.263. The van der Waals surface area contributed by atoms with Crippen molar-refractivity contribution in [2.24, 2.45) is 0 Å². The number of rotatable bonds is 7.